The lowest BCUT2D eigenvalue weighted by Gasteiger charge is -2.14. The Morgan fingerprint density at radius 3 is 2.67 bits per heavy atom. The van der Waals surface area contributed by atoms with E-state index < -0.39 is 0 Å². The fraction of sp³-hybridized carbons (Fsp3) is 0.222. The number of anilines is 1. The maximum atomic E-state index is 12.4. The summed E-state index contributed by atoms with van der Waals surface area (Å²) < 4.78 is 7.10. The predicted octanol–water partition coefficient (Wildman–Crippen LogP) is 2.76. The first-order chi connectivity index (χ1) is 11.5. The van der Waals surface area contributed by atoms with Crippen molar-refractivity contribution in [3.05, 3.63) is 59.0 Å². The van der Waals surface area contributed by atoms with Crippen LogP contribution in [-0.4, -0.2) is 21.6 Å². The number of amides is 1. The number of aromatic nitrogens is 2. The third-order valence-corrected chi connectivity index (χ3v) is 3.51. The summed E-state index contributed by atoms with van der Waals surface area (Å²) in [5.74, 6) is 0.314. The first-order valence-corrected chi connectivity index (χ1v) is 7.77. The number of para-hydroxylation sites is 4. The normalized spacial score (nSPS) is 11.0. The number of ether oxygens (including phenoxy) is 1. The van der Waals surface area contributed by atoms with E-state index >= 15 is 0 Å². The molecule has 1 amide bonds. The van der Waals surface area contributed by atoms with E-state index in [-0.39, 0.29) is 24.2 Å². The van der Waals surface area contributed by atoms with Gasteiger partial charge in [-0.15, -0.1) is 0 Å². The number of nitrogens with zero attached hydrogens (tertiary/aromatic N) is 1. The van der Waals surface area contributed by atoms with Crippen molar-refractivity contribution in [2.45, 2.75) is 26.5 Å². The van der Waals surface area contributed by atoms with E-state index in [0.717, 1.165) is 0 Å². The average molecular weight is 325 g/mol. The van der Waals surface area contributed by atoms with Gasteiger partial charge in [0, 0.05) is 0 Å². The van der Waals surface area contributed by atoms with Gasteiger partial charge >= 0.3 is 5.69 Å². The van der Waals surface area contributed by atoms with Gasteiger partial charge in [0.15, 0.2) is 0 Å². The van der Waals surface area contributed by atoms with Gasteiger partial charge in [-0.25, -0.2) is 4.79 Å². The van der Waals surface area contributed by atoms with Crippen molar-refractivity contribution < 1.29 is 9.53 Å². The highest BCUT2D eigenvalue weighted by Gasteiger charge is 2.12. The Balaban J connectivity index is 1.81. The number of benzene rings is 2. The molecular weight excluding hydrogens is 306 g/mol. The van der Waals surface area contributed by atoms with Crippen LogP contribution in [0.2, 0.25) is 0 Å². The number of nitrogens with one attached hydrogen (secondary N) is 2. The Bertz CT molecular complexity index is 924. The number of aromatic amines is 1. The van der Waals surface area contributed by atoms with Crippen LogP contribution in [0.15, 0.2) is 53.3 Å². The lowest BCUT2D eigenvalue weighted by Crippen LogP contribution is -2.26. The molecule has 0 fully saturated rings. The molecule has 0 saturated carbocycles. The van der Waals surface area contributed by atoms with Crippen molar-refractivity contribution in [2.24, 2.45) is 0 Å². The Hall–Kier alpha value is -3.02. The molecule has 124 valence electrons. The maximum Gasteiger partial charge on any atom is 0.326 e. The van der Waals surface area contributed by atoms with Crippen LogP contribution in [0.4, 0.5) is 5.69 Å². The molecule has 2 N–H and O–H groups in total. The maximum absolute atomic E-state index is 12.4. The fourth-order valence-electron chi connectivity index (χ4n) is 2.52. The van der Waals surface area contributed by atoms with Crippen LogP contribution < -0.4 is 15.7 Å². The Labute approximate surface area is 139 Å². The molecule has 24 heavy (non-hydrogen) atoms. The zero-order chi connectivity index (χ0) is 17.1. The quantitative estimate of drug-likeness (QED) is 0.757. The molecule has 6 heteroatoms. The highest BCUT2D eigenvalue weighted by molar-refractivity contribution is 5.93. The number of hydrogen-bond acceptors (Lipinski definition) is 3. The molecule has 0 aliphatic heterocycles. The van der Waals surface area contributed by atoms with Crippen LogP contribution >= 0.6 is 0 Å². The van der Waals surface area contributed by atoms with E-state index in [1.807, 2.05) is 38.1 Å². The molecule has 0 unspecified atom stereocenters. The molecule has 0 aliphatic carbocycles. The molecule has 3 rings (SSSR count). The first kappa shape index (κ1) is 15.9. The zero-order valence-electron chi connectivity index (χ0n) is 13.6. The van der Waals surface area contributed by atoms with Gasteiger partial charge in [-0.2, -0.15) is 0 Å². The zero-order valence-corrected chi connectivity index (χ0v) is 13.6. The Kier molecular flexibility index (Phi) is 4.37. The average Bonchev–Trinajstić information content (AvgIpc) is 2.85. The summed E-state index contributed by atoms with van der Waals surface area (Å²) in [5, 5.41) is 2.81. The molecule has 0 spiro atoms. The second kappa shape index (κ2) is 6.62. The van der Waals surface area contributed by atoms with Crippen LogP contribution in [0.5, 0.6) is 5.75 Å². The summed E-state index contributed by atoms with van der Waals surface area (Å²) in [4.78, 5) is 27.2. The molecule has 6 nitrogen and oxygen atoms in total. The van der Waals surface area contributed by atoms with Gasteiger partial charge in [-0.3, -0.25) is 9.36 Å². The second-order valence-electron chi connectivity index (χ2n) is 5.74. The van der Waals surface area contributed by atoms with E-state index in [1.54, 1.807) is 24.3 Å². The minimum absolute atomic E-state index is 0.000658. The second-order valence-corrected chi connectivity index (χ2v) is 5.74. The number of fused-ring (bicyclic) bond motifs is 1. The Morgan fingerprint density at radius 1 is 1.17 bits per heavy atom. The SMILES string of the molecule is CC(C)Oc1ccccc1NC(=O)Cn1c(=O)[nH]c2ccccc21. The molecular formula is C18H19N3O3. The third-order valence-electron chi connectivity index (χ3n) is 3.51. The van der Waals surface area contributed by atoms with Crippen LogP contribution in [0.25, 0.3) is 11.0 Å². The standard InChI is InChI=1S/C18H19N3O3/c1-12(2)24-16-10-6-4-8-14(16)19-17(22)11-21-15-9-5-3-7-13(15)20-18(21)23/h3-10,12H,11H2,1-2H3,(H,19,22)(H,20,23). The number of imidazole rings is 1. The van der Waals surface area contributed by atoms with Crippen molar-refractivity contribution in [3.8, 4) is 5.75 Å². The Morgan fingerprint density at radius 2 is 1.88 bits per heavy atom. The van der Waals surface area contributed by atoms with Crippen LogP contribution in [0.1, 0.15) is 13.8 Å². The number of carbonyl (C=O) groups excluding carboxylic acids is 1. The highest BCUT2D eigenvalue weighted by atomic mass is 16.5. The molecule has 3 aromatic rings. The van der Waals surface area contributed by atoms with Gasteiger partial charge in [0.2, 0.25) is 5.91 Å². The van der Waals surface area contributed by atoms with Gasteiger partial charge in [0.05, 0.1) is 22.8 Å². The largest absolute Gasteiger partial charge is 0.489 e. The van der Waals surface area contributed by atoms with Gasteiger partial charge < -0.3 is 15.0 Å². The summed E-state index contributed by atoms with van der Waals surface area (Å²) in [7, 11) is 0. The molecule has 2 aromatic carbocycles. The number of hydrogen-bond donors (Lipinski definition) is 2. The summed E-state index contributed by atoms with van der Waals surface area (Å²) in [5.41, 5.74) is 1.69. The van der Waals surface area contributed by atoms with E-state index in [2.05, 4.69) is 10.3 Å². The van der Waals surface area contributed by atoms with Gasteiger partial charge in [-0.05, 0) is 38.1 Å². The minimum atomic E-state index is -0.307. The summed E-state index contributed by atoms with van der Waals surface area (Å²) >= 11 is 0. The smallest absolute Gasteiger partial charge is 0.326 e. The van der Waals surface area contributed by atoms with Crippen molar-refractivity contribution in [2.75, 3.05) is 5.32 Å². The molecule has 1 heterocycles. The summed E-state index contributed by atoms with van der Waals surface area (Å²) in [6, 6.07) is 14.5. The van der Waals surface area contributed by atoms with Crippen LogP contribution in [0.3, 0.4) is 0 Å². The first-order valence-electron chi connectivity index (χ1n) is 7.77. The third kappa shape index (κ3) is 3.32. The van der Waals surface area contributed by atoms with E-state index in [1.165, 1.54) is 4.57 Å². The monoisotopic (exact) mass is 325 g/mol. The van der Waals surface area contributed by atoms with E-state index in [4.69, 9.17) is 4.74 Å². The number of carbonyl (C=O) groups is 1. The van der Waals surface area contributed by atoms with Crippen LogP contribution in [-0.2, 0) is 11.3 Å². The predicted molar refractivity (Wildman–Crippen MR) is 93.4 cm³/mol. The van der Waals surface area contributed by atoms with E-state index in [0.29, 0.717) is 22.5 Å². The van der Waals surface area contributed by atoms with Gasteiger partial charge in [0.25, 0.3) is 0 Å². The summed E-state index contributed by atoms with van der Waals surface area (Å²) in [6.07, 6.45) is -0.000658. The lowest BCUT2D eigenvalue weighted by molar-refractivity contribution is -0.116. The molecule has 0 bridgehead atoms. The van der Waals surface area contributed by atoms with Gasteiger partial charge in [0.1, 0.15) is 12.3 Å². The van der Waals surface area contributed by atoms with Crippen molar-refractivity contribution >= 4 is 22.6 Å². The molecule has 0 radical (unpaired) electrons. The highest BCUT2D eigenvalue weighted by Crippen LogP contribution is 2.24. The molecule has 0 saturated heterocycles. The summed E-state index contributed by atoms with van der Waals surface area (Å²) in [6.45, 7) is 3.77. The topological polar surface area (TPSA) is 76.1 Å². The van der Waals surface area contributed by atoms with Crippen molar-refractivity contribution in [1.82, 2.24) is 9.55 Å². The number of rotatable bonds is 5. The van der Waals surface area contributed by atoms with Crippen LogP contribution in [0, 0.1) is 0 Å². The molecule has 0 atom stereocenters. The van der Waals surface area contributed by atoms with E-state index in [9.17, 15) is 9.59 Å². The van der Waals surface area contributed by atoms with Crippen molar-refractivity contribution in [3.63, 3.8) is 0 Å². The lowest BCUT2D eigenvalue weighted by atomic mass is 10.3. The minimum Gasteiger partial charge on any atom is -0.489 e. The number of H-pyrrole nitrogens is 1. The van der Waals surface area contributed by atoms with Crippen molar-refractivity contribution in [1.29, 1.82) is 0 Å². The fourth-order valence-corrected chi connectivity index (χ4v) is 2.52. The van der Waals surface area contributed by atoms with Gasteiger partial charge in [-0.1, -0.05) is 24.3 Å². The molecule has 1 aromatic heterocycles. The molecule has 0 aliphatic rings.